The number of nitrogens with two attached hydrogens (primary N) is 1. The first-order chi connectivity index (χ1) is 8.55. The van der Waals surface area contributed by atoms with Crippen LogP contribution in [0.25, 0.3) is 0 Å². The number of benzene rings is 2. The highest BCUT2D eigenvalue weighted by atomic mass is 35.5. The summed E-state index contributed by atoms with van der Waals surface area (Å²) in [5.74, 6) is 6.29. The van der Waals surface area contributed by atoms with Gasteiger partial charge in [0.1, 0.15) is 0 Å². The molecule has 0 aliphatic rings. The number of hydrogen-bond donors (Lipinski definition) is 1. The van der Waals surface area contributed by atoms with Crippen molar-refractivity contribution in [3.63, 3.8) is 0 Å². The van der Waals surface area contributed by atoms with Crippen molar-refractivity contribution in [2.45, 2.75) is 19.4 Å². The molecule has 0 bridgehead atoms. The van der Waals surface area contributed by atoms with Crippen molar-refractivity contribution in [3.8, 4) is 11.8 Å². The fourth-order valence-electron chi connectivity index (χ4n) is 1.65. The van der Waals surface area contributed by atoms with Crippen molar-refractivity contribution < 1.29 is 0 Å². The molecule has 0 saturated heterocycles. The summed E-state index contributed by atoms with van der Waals surface area (Å²) in [5, 5.41) is 0. The molecule has 19 heavy (non-hydrogen) atoms. The van der Waals surface area contributed by atoms with E-state index >= 15 is 0 Å². The molecule has 0 atom stereocenters. The molecule has 0 fully saturated rings. The number of rotatable bonds is 1. The van der Waals surface area contributed by atoms with E-state index in [-0.39, 0.29) is 17.9 Å². The van der Waals surface area contributed by atoms with Crippen molar-refractivity contribution in [3.05, 3.63) is 71.3 Å². The van der Waals surface area contributed by atoms with Gasteiger partial charge in [-0.05, 0) is 43.7 Å². The topological polar surface area (TPSA) is 26.0 Å². The van der Waals surface area contributed by atoms with Gasteiger partial charge in [0.15, 0.2) is 0 Å². The van der Waals surface area contributed by atoms with Crippen LogP contribution < -0.4 is 5.73 Å². The Hall–Kier alpha value is -1.75. The molecule has 0 heterocycles. The van der Waals surface area contributed by atoms with Crippen LogP contribution in [0.2, 0.25) is 0 Å². The Bertz CT molecular complexity index is 569. The van der Waals surface area contributed by atoms with Crippen LogP contribution in [0.1, 0.15) is 30.5 Å². The van der Waals surface area contributed by atoms with Crippen molar-refractivity contribution in [1.29, 1.82) is 0 Å². The Labute approximate surface area is 121 Å². The highest BCUT2D eigenvalue weighted by Gasteiger charge is 2.12. The summed E-state index contributed by atoms with van der Waals surface area (Å²) in [7, 11) is 0. The van der Waals surface area contributed by atoms with E-state index in [1.54, 1.807) is 0 Å². The largest absolute Gasteiger partial charge is 0.322 e. The third-order valence-corrected chi connectivity index (χ3v) is 2.75. The maximum Gasteiger partial charge on any atom is 0.0352 e. The number of halogens is 1. The normalized spacial score (nSPS) is 10.1. The van der Waals surface area contributed by atoms with Crippen LogP contribution in [-0.2, 0) is 5.54 Å². The summed E-state index contributed by atoms with van der Waals surface area (Å²) >= 11 is 0. The van der Waals surface area contributed by atoms with E-state index in [4.69, 9.17) is 5.73 Å². The van der Waals surface area contributed by atoms with Gasteiger partial charge in [0.2, 0.25) is 0 Å². The molecular formula is C17H18ClN. The van der Waals surface area contributed by atoms with E-state index in [9.17, 15) is 0 Å². The molecule has 98 valence electrons. The summed E-state index contributed by atoms with van der Waals surface area (Å²) < 4.78 is 0. The van der Waals surface area contributed by atoms with Gasteiger partial charge in [0, 0.05) is 16.7 Å². The van der Waals surface area contributed by atoms with Crippen LogP contribution in [0.5, 0.6) is 0 Å². The van der Waals surface area contributed by atoms with E-state index in [0.717, 1.165) is 16.7 Å². The average Bonchev–Trinajstić information content (AvgIpc) is 2.37. The first kappa shape index (κ1) is 15.3. The molecule has 0 aliphatic heterocycles. The van der Waals surface area contributed by atoms with E-state index in [0.29, 0.717) is 0 Å². The molecule has 0 aromatic heterocycles. The second-order valence-electron chi connectivity index (χ2n) is 4.92. The van der Waals surface area contributed by atoms with Crippen molar-refractivity contribution >= 4 is 12.4 Å². The van der Waals surface area contributed by atoms with E-state index < -0.39 is 0 Å². The van der Waals surface area contributed by atoms with Crippen LogP contribution in [-0.4, -0.2) is 0 Å². The molecule has 0 unspecified atom stereocenters. The average molecular weight is 272 g/mol. The molecule has 0 aliphatic carbocycles. The molecule has 0 amide bonds. The molecule has 0 saturated carbocycles. The maximum atomic E-state index is 6.04. The van der Waals surface area contributed by atoms with Gasteiger partial charge in [0.05, 0.1) is 0 Å². The van der Waals surface area contributed by atoms with Gasteiger partial charge in [0.25, 0.3) is 0 Å². The van der Waals surface area contributed by atoms with Gasteiger partial charge in [-0.1, -0.05) is 42.2 Å². The molecule has 1 nitrogen and oxygen atoms in total. The quantitative estimate of drug-likeness (QED) is 0.787. The van der Waals surface area contributed by atoms with E-state index in [1.165, 1.54) is 0 Å². The second-order valence-corrected chi connectivity index (χ2v) is 4.92. The zero-order valence-corrected chi connectivity index (χ0v) is 12.0. The number of hydrogen-bond acceptors (Lipinski definition) is 1. The van der Waals surface area contributed by atoms with Gasteiger partial charge in [-0.15, -0.1) is 12.4 Å². The molecule has 0 spiro atoms. The summed E-state index contributed by atoms with van der Waals surface area (Å²) in [6.07, 6.45) is 0. The first-order valence-electron chi connectivity index (χ1n) is 6.02. The minimum Gasteiger partial charge on any atom is -0.322 e. The highest BCUT2D eigenvalue weighted by Crippen LogP contribution is 2.16. The molecule has 2 rings (SSSR count). The van der Waals surface area contributed by atoms with Crippen LogP contribution in [0.3, 0.4) is 0 Å². The summed E-state index contributed by atoms with van der Waals surface area (Å²) in [6, 6.07) is 18.1. The lowest BCUT2D eigenvalue weighted by Crippen LogP contribution is -2.28. The second kappa shape index (κ2) is 6.43. The molecule has 2 aromatic rings. The lowest BCUT2D eigenvalue weighted by atomic mass is 9.95. The minimum atomic E-state index is -0.300. The third-order valence-electron chi connectivity index (χ3n) is 2.75. The fourth-order valence-corrected chi connectivity index (χ4v) is 1.65. The standard InChI is InChI=1S/C17H17N.ClH/c1-17(2,18)16-12-10-15(11-13-16)9-8-14-6-4-3-5-7-14;/h3-7,10-13H,18H2,1-2H3;1H. The molecule has 2 aromatic carbocycles. The molecule has 2 heteroatoms. The zero-order valence-electron chi connectivity index (χ0n) is 11.2. The summed E-state index contributed by atoms with van der Waals surface area (Å²) in [4.78, 5) is 0. The predicted molar refractivity (Wildman–Crippen MR) is 83.3 cm³/mol. The van der Waals surface area contributed by atoms with Crippen molar-refractivity contribution in [2.75, 3.05) is 0 Å². The minimum absolute atomic E-state index is 0. The first-order valence-corrected chi connectivity index (χ1v) is 6.02. The summed E-state index contributed by atoms with van der Waals surface area (Å²) in [6.45, 7) is 4.00. The van der Waals surface area contributed by atoms with Gasteiger partial charge >= 0.3 is 0 Å². The molecule has 2 N–H and O–H groups in total. The molecule has 0 radical (unpaired) electrons. The Morgan fingerprint density at radius 1 is 0.789 bits per heavy atom. The van der Waals surface area contributed by atoms with Gasteiger partial charge < -0.3 is 5.73 Å². The lowest BCUT2D eigenvalue weighted by Gasteiger charge is -2.18. The smallest absolute Gasteiger partial charge is 0.0352 e. The van der Waals surface area contributed by atoms with Gasteiger partial charge in [-0.25, -0.2) is 0 Å². The van der Waals surface area contributed by atoms with Crippen LogP contribution in [0.15, 0.2) is 54.6 Å². The fraction of sp³-hybridized carbons (Fsp3) is 0.176. The third kappa shape index (κ3) is 4.44. The Morgan fingerprint density at radius 3 is 1.74 bits per heavy atom. The molecular weight excluding hydrogens is 254 g/mol. The lowest BCUT2D eigenvalue weighted by molar-refractivity contribution is 0.554. The van der Waals surface area contributed by atoms with E-state index in [1.807, 2.05) is 68.4 Å². The highest BCUT2D eigenvalue weighted by molar-refractivity contribution is 5.85. The van der Waals surface area contributed by atoms with Crippen molar-refractivity contribution in [2.24, 2.45) is 5.73 Å². The van der Waals surface area contributed by atoms with Crippen molar-refractivity contribution in [1.82, 2.24) is 0 Å². The van der Waals surface area contributed by atoms with Crippen LogP contribution in [0, 0.1) is 11.8 Å². The summed E-state index contributed by atoms with van der Waals surface area (Å²) in [5.41, 5.74) is 8.89. The monoisotopic (exact) mass is 271 g/mol. The SMILES string of the molecule is CC(C)(N)c1ccc(C#Cc2ccccc2)cc1.Cl. The predicted octanol–water partition coefficient (Wildman–Crippen LogP) is 3.70. The van der Waals surface area contributed by atoms with Crippen LogP contribution in [0.4, 0.5) is 0 Å². The van der Waals surface area contributed by atoms with Gasteiger partial charge in [-0.2, -0.15) is 0 Å². The Morgan fingerprint density at radius 2 is 1.26 bits per heavy atom. The Balaban J connectivity index is 0.00000180. The zero-order chi connectivity index (χ0) is 13.0. The maximum absolute atomic E-state index is 6.04. The van der Waals surface area contributed by atoms with Gasteiger partial charge in [-0.3, -0.25) is 0 Å². The Kier molecular flexibility index (Phi) is 5.18. The van der Waals surface area contributed by atoms with E-state index in [2.05, 4.69) is 11.8 Å². The van der Waals surface area contributed by atoms with Crippen LogP contribution >= 0.6 is 12.4 Å².